The molecule has 3 heteroatoms. The number of carbonyl (C=O) groups is 1. The summed E-state index contributed by atoms with van der Waals surface area (Å²) >= 11 is 0. The van der Waals surface area contributed by atoms with Gasteiger partial charge in [0, 0.05) is 12.5 Å². The van der Waals surface area contributed by atoms with Gasteiger partial charge in [-0.25, -0.2) is 0 Å². The second kappa shape index (κ2) is 5.82. The van der Waals surface area contributed by atoms with Crippen molar-refractivity contribution < 1.29 is 4.79 Å². The van der Waals surface area contributed by atoms with Crippen LogP contribution in [0.5, 0.6) is 0 Å². The van der Waals surface area contributed by atoms with Crippen molar-refractivity contribution in [2.24, 2.45) is 29.4 Å². The first-order valence-corrected chi connectivity index (χ1v) is 8.00. The normalized spacial score (nSPS) is 31.0. The summed E-state index contributed by atoms with van der Waals surface area (Å²) in [6, 6.07) is 0. The molecule has 19 heavy (non-hydrogen) atoms. The number of hydrogen-bond acceptors (Lipinski definition) is 2. The molecule has 0 aliphatic heterocycles. The zero-order chi connectivity index (χ0) is 14.0. The first-order chi connectivity index (χ1) is 8.98. The van der Waals surface area contributed by atoms with Gasteiger partial charge < -0.3 is 11.1 Å². The van der Waals surface area contributed by atoms with Crippen molar-refractivity contribution >= 4 is 5.91 Å². The Morgan fingerprint density at radius 1 is 1.32 bits per heavy atom. The average Bonchev–Trinajstić information content (AvgIpc) is 3.19. The van der Waals surface area contributed by atoms with Gasteiger partial charge in [-0.15, -0.1) is 0 Å². The smallest absolute Gasteiger partial charge is 0.223 e. The summed E-state index contributed by atoms with van der Waals surface area (Å²) < 4.78 is 0. The van der Waals surface area contributed by atoms with Crippen molar-refractivity contribution in [3.8, 4) is 0 Å². The molecule has 0 bridgehead atoms. The maximum Gasteiger partial charge on any atom is 0.223 e. The highest BCUT2D eigenvalue weighted by Gasteiger charge is 2.48. The molecule has 0 aromatic carbocycles. The van der Waals surface area contributed by atoms with Crippen molar-refractivity contribution in [1.82, 2.24) is 5.32 Å². The predicted octanol–water partition coefficient (Wildman–Crippen LogP) is 2.69. The maximum absolute atomic E-state index is 12.4. The zero-order valence-corrected chi connectivity index (χ0v) is 12.7. The summed E-state index contributed by atoms with van der Waals surface area (Å²) in [4.78, 5) is 12.4. The van der Waals surface area contributed by atoms with Gasteiger partial charge in [-0.1, -0.05) is 46.0 Å². The Balaban J connectivity index is 1.85. The lowest BCUT2D eigenvalue weighted by molar-refractivity contribution is -0.125. The van der Waals surface area contributed by atoms with E-state index in [4.69, 9.17) is 5.73 Å². The van der Waals surface area contributed by atoms with Crippen LogP contribution in [0.1, 0.15) is 59.3 Å². The van der Waals surface area contributed by atoms with Crippen molar-refractivity contribution in [2.45, 2.75) is 64.8 Å². The molecular formula is C16H30N2O. The summed E-state index contributed by atoms with van der Waals surface area (Å²) in [6.07, 6.45) is 7.90. The Morgan fingerprint density at radius 3 is 2.47 bits per heavy atom. The van der Waals surface area contributed by atoms with Crippen LogP contribution >= 0.6 is 0 Å². The summed E-state index contributed by atoms with van der Waals surface area (Å²) in [5, 5.41) is 3.21. The van der Waals surface area contributed by atoms with Crippen LogP contribution in [0, 0.1) is 23.7 Å². The minimum absolute atomic E-state index is 0.247. The molecule has 0 radical (unpaired) electrons. The Kier molecular flexibility index (Phi) is 4.54. The van der Waals surface area contributed by atoms with Crippen LogP contribution in [0.25, 0.3) is 0 Å². The fourth-order valence-electron chi connectivity index (χ4n) is 3.40. The SMILES string of the molecule is CC(C)C(C)(CN)NC(=O)C1CC1C1CCCCC1. The molecule has 110 valence electrons. The first-order valence-electron chi connectivity index (χ1n) is 8.00. The molecular weight excluding hydrogens is 236 g/mol. The van der Waals surface area contributed by atoms with Crippen LogP contribution in [-0.4, -0.2) is 18.0 Å². The van der Waals surface area contributed by atoms with Crippen LogP contribution in [-0.2, 0) is 4.79 Å². The number of rotatable bonds is 5. The predicted molar refractivity (Wildman–Crippen MR) is 78.6 cm³/mol. The third-order valence-electron chi connectivity index (χ3n) is 5.54. The van der Waals surface area contributed by atoms with Crippen LogP contribution in [0.3, 0.4) is 0 Å². The minimum atomic E-state index is -0.253. The molecule has 0 aromatic heterocycles. The highest BCUT2D eigenvalue weighted by molar-refractivity contribution is 5.82. The first kappa shape index (κ1) is 14.8. The molecule has 2 aliphatic carbocycles. The van der Waals surface area contributed by atoms with Crippen LogP contribution in [0.4, 0.5) is 0 Å². The van der Waals surface area contributed by atoms with Crippen molar-refractivity contribution in [3.05, 3.63) is 0 Å². The van der Waals surface area contributed by atoms with Crippen molar-refractivity contribution in [2.75, 3.05) is 6.54 Å². The number of carbonyl (C=O) groups excluding carboxylic acids is 1. The Labute approximate surface area is 117 Å². The largest absolute Gasteiger partial charge is 0.349 e. The van der Waals surface area contributed by atoms with Crippen LogP contribution in [0.15, 0.2) is 0 Å². The molecule has 0 aromatic rings. The lowest BCUT2D eigenvalue weighted by Crippen LogP contribution is -2.55. The molecule has 2 aliphatic rings. The zero-order valence-electron chi connectivity index (χ0n) is 12.7. The van der Waals surface area contributed by atoms with E-state index in [2.05, 4.69) is 26.1 Å². The van der Waals surface area contributed by atoms with Crippen LogP contribution < -0.4 is 11.1 Å². The Hall–Kier alpha value is -0.570. The Bertz CT molecular complexity index is 323. The minimum Gasteiger partial charge on any atom is -0.349 e. The van der Waals surface area contributed by atoms with E-state index in [1.165, 1.54) is 32.1 Å². The van der Waals surface area contributed by atoms with Gasteiger partial charge in [-0.3, -0.25) is 4.79 Å². The number of nitrogens with one attached hydrogen (secondary N) is 1. The summed E-state index contributed by atoms with van der Waals surface area (Å²) in [6.45, 7) is 6.82. The topological polar surface area (TPSA) is 55.1 Å². The highest BCUT2D eigenvalue weighted by atomic mass is 16.2. The molecule has 0 heterocycles. The quantitative estimate of drug-likeness (QED) is 0.804. The van der Waals surface area contributed by atoms with Gasteiger partial charge in [-0.05, 0) is 31.1 Å². The highest BCUT2D eigenvalue weighted by Crippen LogP contribution is 2.49. The molecule has 0 saturated heterocycles. The molecule has 3 N–H and O–H groups in total. The summed E-state index contributed by atoms with van der Waals surface area (Å²) in [7, 11) is 0. The van der Waals surface area contributed by atoms with Gasteiger partial charge >= 0.3 is 0 Å². The molecule has 3 unspecified atom stereocenters. The summed E-state index contributed by atoms with van der Waals surface area (Å²) in [5.74, 6) is 2.36. The molecule has 2 fully saturated rings. The van der Waals surface area contributed by atoms with E-state index in [1.807, 2.05) is 0 Å². The van der Waals surface area contributed by atoms with Gasteiger partial charge in [0.05, 0.1) is 5.54 Å². The van der Waals surface area contributed by atoms with E-state index in [1.54, 1.807) is 0 Å². The lowest BCUT2D eigenvalue weighted by Gasteiger charge is -2.34. The van der Waals surface area contributed by atoms with E-state index in [9.17, 15) is 4.79 Å². The third-order valence-corrected chi connectivity index (χ3v) is 5.54. The molecule has 2 rings (SSSR count). The third kappa shape index (κ3) is 3.31. The van der Waals surface area contributed by atoms with Crippen molar-refractivity contribution in [1.29, 1.82) is 0 Å². The van der Waals surface area contributed by atoms with E-state index in [-0.39, 0.29) is 17.4 Å². The van der Waals surface area contributed by atoms with E-state index >= 15 is 0 Å². The molecule has 2 saturated carbocycles. The van der Waals surface area contributed by atoms with Gasteiger partial charge in [0.2, 0.25) is 5.91 Å². The number of hydrogen-bond donors (Lipinski definition) is 2. The summed E-state index contributed by atoms with van der Waals surface area (Å²) in [5.41, 5.74) is 5.59. The molecule has 0 spiro atoms. The van der Waals surface area contributed by atoms with E-state index in [0.29, 0.717) is 18.4 Å². The fraction of sp³-hybridized carbons (Fsp3) is 0.938. The van der Waals surface area contributed by atoms with E-state index in [0.717, 1.165) is 12.3 Å². The molecule has 3 nitrogen and oxygen atoms in total. The Morgan fingerprint density at radius 2 is 1.95 bits per heavy atom. The number of nitrogens with two attached hydrogens (primary N) is 1. The molecule has 3 atom stereocenters. The van der Waals surface area contributed by atoms with Gasteiger partial charge in [-0.2, -0.15) is 0 Å². The fourth-order valence-corrected chi connectivity index (χ4v) is 3.40. The monoisotopic (exact) mass is 266 g/mol. The maximum atomic E-state index is 12.4. The second-order valence-corrected chi connectivity index (χ2v) is 7.17. The van der Waals surface area contributed by atoms with Crippen LogP contribution in [0.2, 0.25) is 0 Å². The van der Waals surface area contributed by atoms with E-state index < -0.39 is 0 Å². The number of amides is 1. The standard InChI is InChI=1S/C16H30N2O/c1-11(2)16(3,10-17)18-15(19)14-9-13(14)12-7-5-4-6-8-12/h11-14H,4-10,17H2,1-3H3,(H,18,19). The van der Waals surface area contributed by atoms with Gasteiger partial charge in [0.15, 0.2) is 0 Å². The second-order valence-electron chi connectivity index (χ2n) is 7.17. The lowest BCUT2D eigenvalue weighted by atomic mass is 9.84. The molecule has 1 amide bonds. The average molecular weight is 266 g/mol. The van der Waals surface area contributed by atoms with Gasteiger partial charge in [0.25, 0.3) is 0 Å². The van der Waals surface area contributed by atoms with Crippen molar-refractivity contribution in [3.63, 3.8) is 0 Å². The van der Waals surface area contributed by atoms with Gasteiger partial charge in [0.1, 0.15) is 0 Å².